The van der Waals surface area contributed by atoms with Gasteiger partial charge >= 0.3 is 5.97 Å². The molecule has 2 aromatic carbocycles. The number of nitrogens with one attached hydrogen (secondary N) is 1. The van der Waals surface area contributed by atoms with E-state index in [1.165, 1.54) is 0 Å². The second kappa shape index (κ2) is 8.82. The molecule has 5 heteroatoms. The van der Waals surface area contributed by atoms with Crippen molar-refractivity contribution in [1.82, 2.24) is 0 Å². The third-order valence-electron chi connectivity index (χ3n) is 3.70. The van der Waals surface area contributed by atoms with E-state index in [2.05, 4.69) is 27.9 Å². The fourth-order valence-corrected chi connectivity index (χ4v) is 3.06. The first-order valence-corrected chi connectivity index (χ1v) is 8.86. The van der Waals surface area contributed by atoms with Crippen molar-refractivity contribution in [2.45, 2.75) is 26.2 Å². The van der Waals surface area contributed by atoms with Gasteiger partial charge in [-0.2, -0.15) is 0 Å². The SMILES string of the molecule is CC[C@H](C(=O)OCC(=O)Nc1ccc(I)cc1C)c1ccccc1. The van der Waals surface area contributed by atoms with Crippen molar-refractivity contribution in [3.05, 3.63) is 63.2 Å². The molecule has 24 heavy (non-hydrogen) atoms. The largest absolute Gasteiger partial charge is 0.455 e. The van der Waals surface area contributed by atoms with E-state index in [-0.39, 0.29) is 24.4 Å². The molecule has 0 unspecified atom stereocenters. The molecule has 0 fully saturated rings. The number of rotatable bonds is 6. The van der Waals surface area contributed by atoms with Crippen LogP contribution in [0.4, 0.5) is 5.69 Å². The molecular formula is C19H20INO3. The molecule has 0 aromatic heterocycles. The Labute approximate surface area is 155 Å². The maximum atomic E-state index is 12.2. The summed E-state index contributed by atoms with van der Waals surface area (Å²) in [6, 6.07) is 15.2. The lowest BCUT2D eigenvalue weighted by molar-refractivity contribution is -0.149. The van der Waals surface area contributed by atoms with Crippen LogP contribution >= 0.6 is 22.6 Å². The first kappa shape index (κ1) is 18.4. The van der Waals surface area contributed by atoms with Gasteiger partial charge in [0.2, 0.25) is 0 Å². The van der Waals surface area contributed by atoms with Crippen molar-refractivity contribution in [3.8, 4) is 0 Å². The van der Waals surface area contributed by atoms with E-state index < -0.39 is 0 Å². The van der Waals surface area contributed by atoms with E-state index in [9.17, 15) is 9.59 Å². The molecule has 0 bridgehead atoms. The molecule has 0 aliphatic carbocycles. The molecule has 126 valence electrons. The summed E-state index contributed by atoms with van der Waals surface area (Å²) < 4.78 is 6.29. The van der Waals surface area contributed by atoms with Crippen LogP contribution in [-0.2, 0) is 14.3 Å². The van der Waals surface area contributed by atoms with Crippen LogP contribution in [0.5, 0.6) is 0 Å². The summed E-state index contributed by atoms with van der Waals surface area (Å²) in [4.78, 5) is 24.3. The Morgan fingerprint density at radius 1 is 1.17 bits per heavy atom. The van der Waals surface area contributed by atoms with E-state index in [1.807, 2.05) is 62.4 Å². The summed E-state index contributed by atoms with van der Waals surface area (Å²) in [5, 5.41) is 2.77. The van der Waals surface area contributed by atoms with Gasteiger partial charge in [-0.3, -0.25) is 9.59 Å². The molecule has 1 amide bonds. The number of benzene rings is 2. The van der Waals surface area contributed by atoms with Crippen LogP contribution < -0.4 is 5.32 Å². The molecule has 0 radical (unpaired) electrons. The van der Waals surface area contributed by atoms with Gasteiger partial charge in [0.1, 0.15) is 0 Å². The van der Waals surface area contributed by atoms with Gasteiger partial charge < -0.3 is 10.1 Å². The highest BCUT2D eigenvalue weighted by Crippen LogP contribution is 2.21. The Morgan fingerprint density at radius 3 is 2.50 bits per heavy atom. The minimum atomic E-state index is -0.377. The quantitative estimate of drug-likeness (QED) is 0.543. The molecule has 2 rings (SSSR count). The van der Waals surface area contributed by atoms with Gasteiger partial charge in [-0.25, -0.2) is 0 Å². The Morgan fingerprint density at radius 2 is 1.88 bits per heavy atom. The number of anilines is 1. The fourth-order valence-electron chi connectivity index (χ4n) is 2.41. The Kier molecular flexibility index (Phi) is 6.78. The maximum Gasteiger partial charge on any atom is 0.313 e. The maximum absolute atomic E-state index is 12.2. The number of carbonyl (C=O) groups excluding carboxylic acids is 2. The lowest BCUT2D eigenvalue weighted by Gasteiger charge is -2.15. The Hall–Kier alpha value is -1.89. The third-order valence-corrected chi connectivity index (χ3v) is 4.37. The summed E-state index contributed by atoms with van der Waals surface area (Å²) in [5.74, 6) is -1.06. The van der Waals surface area contributed by atoms with Crippen molar-refractivity contribution < 1.29 is 14.3 Å². The van der Waals surface area contributed by atoms with Gasteiger partial charge in [0, 0.05) is 9.26 Å². The molecule has 0 saturated heterocycles. The monoisotopic (exact) mass is 437 g/mol. The number of hydrogen-bond donors (Lipinski definition) is 1. The lowest BCUT2D eigenvalue weighted by atomic mass is 9.97. The minimum absolute atomic E-state index is 0.284. The number of hydrogen-bond acceptors (Lipinski definition) is 3. The molecule has 0 saturated carbocycles. The fraction of sp³-hybridized carbons (Fsp3) is 0.263. The Bertz CT molecular complexity index is 716. The second-order valence-electron chi connectivity index (χ2n) is 5.49. The van der Waals surface area contributed by atoms with Gasteiger partial charge in [0.05, 0.1) is 5.92 Å². The molecule has 4 nitrogen and oxygen atoms in total. The molecule has 0 heterocycles. The molecule has 1 N–H and O–H groups in total. The molecule has 0 aliphatic heterocycles. The smallest absolute Gasteiger partial charge is 0.313 e. The average molecular weight is 437 g/mol. The van der Waals surface area contributed by atoms with Gasteiger partial charge in [0.25, 0.3) is 5.91 Å². The van der Waals surface area contributed by atoms with Crippen molar-refractivity contribution in [2.24, 2.45) is 0 Å². The second-order valence-corrected chi connectivity index (χ2v) is 6.73. The number of amides is 1. The van der Waals surface area contributed by atoms with Gasteiger partial charge in [-0.15, -0.1) is 0 Å². The van der Waals surface area contributed by atoms with Crippen molar-refractivity contribution >= 4 is 40.2 Å². The van der Waals surface area contributed by atoms with E-state index in [1.54, 1.807) is 0 Å². The molecule has 0 spiro atoms. The summed E-state index contributed by atoms with van der Waals surface area (Å²) in [6.45, 7) is 3.56. The highest BCUT2D eigenvalue weighted by atomic mass is 127. The Balaban J connectivity index is 1.92. The summed E-state index contributed by atoms with van der Waals surface area (Å²) in [6.07, 6.45) is 0.626. The summed E-state index contributed by atoms with van der Waals surface area (Å²) >= 11 is 2.22. The summed E-state index contributed by atoms with van der Waals surface area (Å²) in [7, 11) is 0. The van der Waals surface area contributed by atoms with Crippen molar-refractivity contribution in [1.29, 1.82) is 0 Å². The van der Waals surface area contributed by atoms with Gasteiger partial charge in [-0.1, -0.05) is 37.3 Å². The zero-order valence-electron chi connectivity index (χ0n) is 13.7. The third kappa shape index (κ3) is 5.06. The van der Waals surface area contributed by atoms with Crippen LogP contribution in [0.15, 0.2) is 48.5 Å². The van der Waals surface area contributed by atoms with Crippen molar-refractivity contribution in [2.75, 3.05) is 11.9 Å². The van der Waals surface area contributed by atoms with Crippen LogP contribution in [0.3, 0.4) is 0 Å². The van der Waals surface area contributed by atoms with E-state index in [0.717, 1.165) is 20.4 Å². The van der Waals surface area contributed by atoms with Crippen LogP contribution in [0, 0.1) is 10.5 Å². The molecule has 1 atom stereocenters. The van der Waals surface area contributed by atoms with Crippen LogP contribution in [0.2, 0.25) is 0 Å². The lowest BCUT2D eigenvalue weighted by Crippen LogP contribution is -2.24. The van der Waals surface area contributed by atoms with Crippen LogP contribution in [-0.4, -0.2) is 18.5 Å². The topological polar surface area (TPSA) is 55.4 Å². The zero-order chi connectivity index (χ0) is 17.5. The van der Waals surface area contributed by atoms with Crippen molar-refractivity contribution in [3.63, 3.8) is 0 Å². The van der Waals surface area contributed by atoms with Crippen LogP contribution in [0.1, 0.15) is 30.4 Å². The van der Waals surface area contributed by atoms with Gasteiger partial charge in [0.15, 0.2) is 6.61 Å². The van der Waals surface area contributed by atoms with Crippen LogP contribution in [0.25, 0.3) is 0 Å². The van der Waals surface area contributed by atoms with E-state index >= 15 is 0 Å². The van der Waals surface area contributed by atoms with E-state index in [4.69, 9.17) is 4.74 Å². The molecular weight excluding hydrogens is 417 g/mol. The minimum Gasteiger partial charge on any atom is -0.455 e. The first-order valence-electron chi connectivity index (χ1n) is 7.79. The summed E-state index contributed by atoms with van der Waals surface area (Å²) in [5.41, 5.74) is 2.60. The number of carbonyl (C=O) groups is 2. The number of ether oxygens (including phenoxy) is 1. The zero-order valence-corrected chi connectivity index (χ0v) is 15.9. The molecule has 0 aliphatic rings. The normalized spacial score (nSPS) is 11.6. The van der Waals surface area contributed by atoms with E-state index in [0.29, 0.717) is 6.42 Å². The molecule has 2 aromatic rings. The first-order chi connectivity index (χ1) is 11.5. The highest BCUT2D eigenvalue weighted by molar-refractivity contribution is 14.1. The number of aryl methyl sites for hydroxylation is 1. The number of esters is 1. The predicted molar refractivity (Wildman–Crippen MR) is 103 cm³/mol. The highest BCUT2D eigenvalue weighted by Gasteiger charge is 2.21. The standard InChI is InChI=1S/C19H20INO3/c1-3-16(14-7-5-4-6-8-14)19(23)24-12-18(22)21-17-10-9-15(20)11-13(17)2/h4-11,16H,3,12H2,1-2H3,(H,21,22)/t16-/m0/s1. The number of halogens is 1. The van der Waals surface area contributed by atoms with Gasteiger partial charge in [-0.05, 0) is 65.3 Å². The predicted octanol–water partition coefficient (Wildman–Crippen LogP) is 4.28. The average Bonchev–Trinajstić information content (AvgIpc) is 2.57.